The van der Waals surface area contributed by atoms with Gasteiger partial charge in [-0.05, 0) is 42.9 Å². The average Bonchev–Trinajstić information content (AvgIpc) is 2.28. The summed E-state index contributed by atoms with van der Waals surface area (Å²) in [5, 5.41) is 10.7. The van der Waals surface area contributed by atoms with Crippen LogP contribution in [0, 0.1) is 12.8 Å². The van der Waals surface area contributed by atoms with E-state index < -0.39 is 6.10 Å². The third-order valence-electron chi connectivity index (χ3n) is 3.04. The Labute approximate surface area is 121 Å². The highest BCUT2D eigenvalue weighted by Crippen LogP contribution is 2.24. The minimum Gasteiger partial charge on any atom is -0.391 e. The van der Waals surface area contributed by atoms with E-state index in [1.54, 1.807) is 0 Å². The zero-order chi connectivity index (χ0) is 13.0. The highest BCUT2D eigenvalue weighted by atomic mass is 35.5. The highest BCUT2D eigenvalue weighted by Gasteiger charge is 2.17. The van der Waals surface area contributed by atoms with Crippen LogP contribution >= 0.6 is 24.0 Å². The Morgan fingerprint density at radius 3 is 2.39 bits per heavy atom. The zero-order valence-corrected chi connectivity index (χ0v) is 12.8. The summed E-state index contributed by atoms with van der Waals surface area (Å²) in [6.07, 6.45) is 1.20. The molecule has 0 saturated carbocycles. The fraction of sp³-hybridized carbons (Fsp3) is 0.571. The lowest BCUT2D eigenvalue weighted by atomic mass is 9.95. The number of aliphatic hydroxyl groups is 1. The highest BCUT2D eigenvalue weighted by molar-refractivity contribution is 6.31. The number of hydrogen-bond donors (Lipinski definition) is 2. The van der Waals surface area contributed by atoms with Gasteiger partial charge in [0.05, 0.1) is 12.1 Å². The Morgan fingerprint density at radius 2 is 1.89 bits per heavy atom. The molecule has 0 fully saturated rings. The van der Waals surface area contributed by atoms with Crippen LogP contribution in [0.3, 0.4) is 0 Å². The third-order valence-corrected chi connectivity index (χ3v) is 3.44. The molecule has 2 atom stereocenters. The molecule has 3 N–H and O–H groups in total. The molecule has 0 radical (unpaired) electrons. The molecule has 0 aromatic heterocycles. The van der Waals surface area contributed by atoms with E-state index in [1.807, 2.05) is 25.1 Å². The van der Waals surface area contributed by atoms with Crippen LogP contribution in [0.5, 0.6) is 0 Å². The molecule has 2 nitrogen and oxygen atoms in total. The van der Waals surface area contributed by atoms with Gasteiger partial charge in [0.25, 0.3) is 0 Å². The maximum Gasteiger partial charge on any atom is 0.0732 e. The van der Waals surface area contributed by atoms with Gasteiger partial charge in [0.1, 0.15) is 0 Å². The van der Waals surface area contributed by atoms with Gasteiger partial charge < -0.3 is 10.8 Å². The fourth-order valence-corrected chi connectivity index (χ4v) is 1.91. The van der Waals surface area contributed by atoms with Crippen LogP contribution in [0.2, 0.25) is 5.02 Å². The van der Waals surface area contributed by atoms with Gasteiger partial charge in [0.15, 0.2) is 0 Å². The van der Waals surface area contributed by atoms with E-state index in [2.05, 4.69) is 13.8 Å². The fourth-order valence-electron chi connectivity index (χ4n) is 1.72. The van der Waals surface area contributed by atoms with E-state index in [0.29, 0.717) is 10.9 Å². The molecule has 18 heavy (non-hydrogen) atoms. The molecular weight excluding hydrogens is 269 g/mol. The van der Waals surface area contributed by atoms with Crippen molar-refractivity contribution in [1.82, 2.24) is 0 Å². The first-order chi connectivity index (χ1) is 7.91. The van der Waals surface area contributed by atoms with Crippen LogP contribution in [-0.4, -0.2) is 11.2 Å². The van der Waals surface area contributed by atoms with Crippen molar-refractivity contribution in [2.75, 3.05) is 0 Å². The van der Waals surface area contributed by atoms with Gasteiger partial charge in [-0.2, -0.15) is 0 Å². The van der Waals surface area contributed by atoms with Crippen LogP contribution in [0.25, 0.3) is 0 Å². The lowest BCUT2D eigenvalue weighted by Crippen LogP contribution is -2.26. The number of aryl methyl sites for hydroxylation is 1. The Kier molecular flexibility index (Phi) is 7.88. The van der Waals surface area contributed by atoms with Crippen molar-refractivity contribution in [2.24, 2.45) is 11.7 Å². The second kappa shape index (κ2) is 8.00. The minimum atomic E-state index is -0.504. The Balaban J connectivity index is 0.00000289. The summed E-state index contributed by atoms with van der Waals surface area (Å²) in [6.45, 7) is 6.23. The Bertz CT molecular complexity index is 369. The summed E-state index contributed by atoms with van der Waals surface area (Å²) < 4.78 is 0. The number of rotatable bonds is 5. The molecule has 0 heterocycles. The Morgan fingerprint density at radius 1 is 1.28 bits per heavy atom. The molecule has 1 aromatic carbocycles. The van der Waals surface area contributed by atoms with Gasteiger partial charge in [-0.1, -0.05) is 37.6 Å². The molecule has 1 rings (SSSR count). The summed E-state index contributed by atoms with van der Waals surface area (Å²) in [7, 11) is 0. The molecule has 0 aliphatic carbocycles. The molecular formula is C14H23Cl2NO. The normalized spacial score (nSPS) is 14.2. The number of halogens is 2. The molecule has 104 valence electrons. The van der Waals surface area contributed by atoms with Crippen molar-refractivity contribution >= 4 is 24.0 Å². The minimum absolute atomic E-state index is 0. The van der Waals surface area contributed by atoms with E-state index in [1.165, 1.54) is 0 Å². The van der Waals surface area contributed by atoms with Gasteiger partial charge in [0, 0.05) is 5.02 Å². The predicted octanol–water partition coefficient (Wildman–Crippen LogP) is 3.87. The van der Waals surface area contributed by atoms with Gasteiger partial charge >= 0.3 is 0 Å². The van der Waals surface area contributed by atoms with E-state index in [4.69, 9.17) is 17.3 Å². The number of nitrogens with two attached hydrogens (primary N) is 1. The molecule has 4 heteroatoms. The van der Waals surface area contributed by atoms with Crippen LogP contribution in [0.15, 0.2) is 18.2 Å². The summed E-state index contributed by atoms with van der Waals surface area (Å²) in [6, 6.07) is 5.36. The van der Waals surface area contributed by atoms with Gasteiger partial charge in [-0.25, -0.2) is 0 Å². The molecule has 0 spiro atoms. The lowest BCUT2D eigenvalue weighted by molar-refractivity contribution is 0.128. The summed E-state index contributed by atoms with van der Waals surface area (Å²) >= 11 is 6.05. The number of aliphatic hydroxyl groups excluding tert-OH is 1. The molecule has 0 aliphatic heterocycles. The van der Waals surface area contributed by atoms with Gasteiger partial charge in [-0.3, -0.25) is 0 Å². The quantitative estimate of drug-likeness (QED) is 0.865. The first-order valence-electron chi connectivity index (χ1n) is 6.11. The van der Waals surface area contributed by atoms with Crippen molar-refractivity contribution in [3.8, 4) is 0 Å². The topological polar surface area (TPSA) is 46.2 Å². The van der Waals surface area contributed by atoms with Crippen LogP contribution in [-0.2, 0) is 0 Å². The third kappa shape index (κ3) is 5.15. The second-order valence-corrected chi connectivity index (χ2v) is 5.48. The number of benzene rings is 1. The van der Waals surface area contributed by atoms with Crippen LogP contribution < -0.4 is 5.73 Å². The Hall–Kier alpha value is -0.280. The molecule has 0 bridgehead atoms. The zero-order valence-electron chi connectivity index (χ0n) is 11.2. The maximum absolute atomic E-state index is 10.0. The predicted molar refractivity (Wildman–Crippen MR) is 80.4 cm³/mol. The molecule has 0 aliphatic rings. The first kappa shape index (κ1) is 17.7. The molecule has 0 amide bonds. The van der Waals surface area contributed by atoms with Crippen molar-refractivity contribution < 1.29 is 5.11 Å². The van der Waals surface area contributed by atoms with Crippen LogP contribution in [0.1, 0.15) is 43.9 Å². The van der Waals surface area contributed by atoms with Crippen molar-refractivity contribution in [1.29, 1.82) is 0 Å². The molecule has 0 saturated heterocycles. The average molecular weight is 292 g/mol. The van der Waals surface area contributed by atoms with Crippen LogP contribution in [0.4, 0.5) is 0 Å². The lowest BCUT2D eigenvalue weighted by Gasteiger charge is -2.20. The summed E-state index contributed by atoms with van der Waals surface area (Å²) in [5.74, 6) is 0.582. The summed E-state index contributed by atoms with van der Waals surface area (Å²) in [5.41, 5.74) is 7.96. The van der Waals surface area contributed by atoms with E-state index >= 15 is 0 Å². The summed E-state index contributed by atoms with van der Waals surface area (Å²) in [4.78, 5) is 0. The largest absolute Gasteiger partial charge is 0.391 e. The van der Waals surface area contributed by atoms with E-state index in [-0.39, 0.29) is 18.4 Å². The molecule has 1 aromatic rings. The van der Waals surface area contributed by atoms with Crippen molar-refractivity contribution in [3.63, 3.8) is 0 Å². The monoisotopic (exact) mass is 291 g/mol. The van der Waals surface area contributed by atoms with Gasteiger partial charge in [0.2, 0.25) is 0 Å². The van der Waals surface area contributed by atoms with Gasteiger partial charge in [-0.15, -0.1) is 12.4 Å². The first-order valence-corrected chi connectivity index (χ1v) is 6.49. The number of hydrogen-bond acceptors (Lipinski definition) is 2. The van der Waals surface area contributed by atoms with E-state index in [0.717, 1.165) is 24.0 Å². The second-order valence-electron chi connectivity index (χ2n) is 5.07. The standard InChI is InChI=1S/C14H22ClNO.ClH/c1-9(2)4-7-13(17)14(16)11-6-5-10(3)12(15)8-11;/h5-6,8-9,13-14,17H,4,7,16H2,1-3H3;1H/t13-,14+;/m0./s1. The van der Waals surface area contributed by atoms with Crippen molar-refractivity contribution in [3.05, 3.63) is 34.3 Å². The van der Waals surface area contributed by atoms with Crippen molar-refractivity contribution in [2.45, 2.75) is 45.8 Å². The maximum atomic E-state index is 10.0. The van der Waals surface area contributed by atoms with E-state index in [9.17, 15) is 5.11 Å². The smallest absolute Gasteiger partial charge is 0.0732 e. The molecule has 0 unspecified atom stereocenters. The SMILES string of the molecule is Cc1ccc([C@@H](N)[C@@H](O)CCC(C)C)cc1Cl.Cl.